The van der Waals surface area contributed by atoms with Gasteiger partial charge in [-0.25, -0.2) is 9.78 Å². The van der Waals surface area contributed by atoms with E-state index in [1.165, 1.54) is 5.56 Å². The molecule has 192 valence electrons. The summed E-state index contributed by atoms with van der Waals surface area (Å²) in [6, 6.07) is 13.6. The molecule has 2 fully saturated rings. The lowest BCUT2D eigenvalue weighted by Crippen LogP contribution is -2.49. The summed E-state index contributed by atoms with van der Waals surface area (Å²) in [7, 11) is 0. The maximum Gasteiger partial charge on any atom is 0.322 e. The van der Waals surface area contributed by atoms with Crippen LogP contribution < -0.4 is 5.32 Å². The normalized spacial score (nSPS) is 22.7. The van der Waals surface area contributed by atoms with Gasteiger partial charge in [-0.3, -0.25) is 4.90 Å². The number of benzene rings is 1. The zero-order valence-corrected chi connectivity index (χ0v) is 22.3. The highest BCUT2D eigenvalue weighted by molar-refractivity contribution is 6.32. The lowest BCUT2D eigenvalue weighted by atomic mass is 9.80. The minimum absolute atomic E-state index is 0.0776. The second-order valence-corrected chi connectivity index (χ2v) is 10.9. The number of urea groups is 1. The van der Waals surface area contributed by atoms with Crippen LogP contribution in [0.2, 0.25) is 10.3 Å². The topological polar surface area (TPSA) is 92.5 Å². The van der Waals surface area contributed by atoms with Gasteiger partial charge in [-0.15, -0.1) is 0 Å². The Labute approximate surface area is 223 Å². The number of pyridine rings is 1. The molecule has 0 radical (unpaired) electrons. The molecule has 2 aromatic rings. The molecule has 4 rings (SSSR count). The number of anilines is 1. The van der Waals surface area contributed by atoms with Gasteiger partial charge in [-0.1, -0.05) is 35.3 Å². The minimum Gasteiger partial charge on any atom is -0.395 e. The van der Waals surface area contributed by atoms with Crippen molar-refractivity contribution in [1.29, 1.82) is 5.26 Å². The molecule has 0 spiro atoms. The molecule has 2 amide bonds. The fourth-order valence-corrected chi connectivity index (χ4v) is 6.18. The molecule has 1 aromatic heterocycles. The summed E-state index contributed by atoms with van der Waals surface area (Å²) in [5.41, 5.74) is 2.58. The molecule has 1 heterocycles. The van der Waals surface area contributed by atoms with E-state index < -0.39 is 0 Å². The summed E-state index contributed by atoms with van der Waals surface area (Å²) < 4.78 is 0. The zero-order chi connectivity index (χ0) is 25.9. The number of halogens is 2. The van der Waals surface area contributed by atoms with Gasteiger partial charge in [0.2, 0.25) is 0 Å². The van der Waals surface area contributed by atoms with Gasteiger partial charge >= 0.3 is 6.03 Å². The van der Waals surface area contributed by atoms with Gasteiger partial charge in [-0.05, 0) is 80.7 Å². The number of hydrogen-bond acceptors (Lipinski definition) is 5. The highest BCUT2D eigenvalue weighted by Crippen LogP contribution is 2.62. The van der Waals surface area contributed by atoms with Gasteiger partial charge < -0.3 is 15.3 Å². The number of hydrogen-bond donors (Lipinski definition) is 2. The zero-order valence-electron chi connectivity index (χ0n) is 20.8. The Morgan fingerprint density at radius 3 is 2.64 bits per heavy atom. The molecule has 0 bridgehead atoms. The number of aromatic nitrogens is 1. The van der Waals surface area contributed by atoms with Crippen LogP contribution in [-0.2, 0) is 5.41 Å². The van der Waals surface area contributed by atoms with E-state index in [1.807, 2.05) is 23.1 Å². The van der Waals surface area contributed by atoms with Crippen molar-refractivity contribution in [3.63, 3.8) is 0 Å². The summed E-state index contributed by atoms with van der Waals surface area (Å²) in [5, 5.41) is 22.2. The Kier molecular flexibility index (Phi) is 8.41. The van der Waals surface area contributed by atoms with E-state index in [0.29, 0.717) is 36.8 Å². The molecular formula is C27H33Cl2N5O2. The highest BCUT2D eigenvalue weighted by atomic mass is 35.5. The number of rotatable bonds is 9. The number of carbonyl (C=O) groups excluding carboxylic acids is 1. The summed E-state index contributed by atoms with van der Waals surface area (Å²) in [5.74, 6) is 0.490. The molecule has 0 saturated heterocycles. The molecule has 2 saturated carbocycles. The first-order valence-electron chi connectivity index (χ1n) is 12.5. The molecule has 1 unspecified atom stereocenters. The fourth-order valence-electron chi connectivity index (χ4n) is 5.72. The van der Waals surface area contributed by atoms with Crippen LogP contribution in [0, 0.1) is 17.2 Å². The first-order valence-corrected chi connectivity index (χ1v) is 13.3. The predicted octanol–water partition coefficient (Wildman–Crippen LogP) is 5.31. The standard InChI is InChI=1S/C27H33Cl2N5O2/c1-18(2)33(10-11-35)8-9-34(26(36)31-22-14-24(28)32-25(29)15-22)23-6-7-27(16-21(27)13-23)20-5-3-4-19(12-20)17-30/h3-5,12,14-15,18,21,23,35H,6-11,13,16H2,1-2H3,(H,31,32,36)/t21?,23-,27-/m1/s1. The summed E-state index contributed by atoms with van der Waals surface area (Å²) in [6.07, 6.45) is 3.88. The molecule has 2 aliphatic rings. The van der Waals surface area contributed by atoms with Crippen molar-refractivity contribution in [2.24, 2.45) is 5.92 Å². The van der Waals surface area contributed by atoms with E-state index in [-0.39, 0.29) is 40.4 Å². The Balaban J connectivity index is 1.50. The van der Waals surface area contributed by atoms with Gasteiger partial charge in [0.15, 0.2) is 0 Å². The number of amides is 2. The molecule has 2 aliphatic carbocycles. The Hall–Kier alpha value is -2.37. The van der Waals surface area contributed by atoms with Crippen molar-refractivity contribution in [2.75, 3.05) is 31.6 Å². The Morgan fingerprint density at radius 2 is 2.00 bits per heavy atom. The van der Waals surface area contributed by atoms with Gasteiger partial charge in [0.05, 0.1) is 18.2 Å². The summed E-state index contributed by atoms with van der Waals surface area (Å²) >= 11 is 12.1. The monoisotopic (exact) mass is 529 g/mol. The van der Waals surface area contributed by atoms with Crippen LogP contribution in [0.5, 0.6) is 0 Å². The van der Waals surface area contributed by atoms with Crippen molar-refractivity contribution < 1.29 is 9.90 Å². The summed E-state index contributed by atoms with van der Waals surface area (Å²) in [4.78, 5) is 21.6. The van der Waals surface area contributed by atoms with Gasteiger partial charge in [-0.2, -0.15) is 5.26 Å². The highest BCUT2D eigenvalue weighted by Gasteiger charge is 2.58. The number of carbonyl (C=O) groups is 1. The van der Waals surface area contributed by atoms with E-state index >= 15 is 0 Å². The molecule has 9 heteroatoms. The lowest BCUT2D eigenvalue weighted by Gasteiger charge is -2.38. The van der Waals surface area contributed by atoms with Crippen molar-refractivity contribution in [2.45, 2.75) is 57.0 Å². The number of aliphatic hydroxyl groups excluding tert-OH is 1. The van der Waals surface area contributed by atoms with E-state index in [2.05, 4.69) is 41.2 Å². The molecule has 2 N–H and O–H groups in total. The number of nitrogens with one attached hydrogen (secondary N) is 1. The van der Waals surface area contributed by atoms with Crippen LogP contribution in [0.3, 0.4) is 0 Å². The Bertz CT molecular complexity index is 1120. The first kappa shape index (κ1) is 26.7. The maximum atomic E-state index is 13.5. The molecule has 1 aromatic carbocycles. The molecular weight excluding hydrogens is 497 g/mol. The number of aliphatic hydroxyl groups is 1. The maximum absolute atomic E-state index is 13.5. The number of nitrogens with zero attached hydrogens (tertiary/aromatic N) is 4. The third-order valence-corrected chi connectivity index (χ3v) is 8.13. The van der Waals surface area contributed by atoms with Crippen LogP contribution >= 0.6 is 23.2 Å². The lowest BCUT2D eigenvalue weighted by molar-refractivity contribution is 0.122. The molecule has 0 aliphatic heterocycles. The van der Waals surface area contributed by atoms with Crippen molar-refractivity contribution in [3.8, 4) is 6.07 Å². The molecule has 36 heavy (non-hydrogen) atoms. The molecule has 7 nitrogen and oxygen atoms in total. The van der Waals surface area contributed by atoms with Crippen molar-refractivity contribution in [3.05, 3.63) is 57.8 Å². The van der Waals surface area contributed by atoms with Gasteiger partial charge in [0, 0.05) is 37.4 Å². The number of nitriles is 1. The van der Waals surface area contributed by atoms with E-state index in [4.69, 9.17) is 23.2 Å². The largest absolute Gasteiger partial charge is 0.395 e. The third kappa shape index (κ3) is 5.95. The average Bonchev–Trinajstić information content (AvgIpc) is 3.58. The van der Waals surface area contributed by atoms with Gasteiger partial charge in [0.1, 0.15) is 10.3 Å². The van der Waals surface area contributed by atoms with E-state index in [1.54, 1.807) is 12.1 Å². The predicted molar refractivity (Wildman–Crippen MR) is 142 cm³/mol. The van der Waals surface area contributed by atoms with Crippen LogP contribution in [0.15, 0.2) is 36.4 Å². The smallest absolute Gasteiger partial charge is 0.322 e. The molecule has 3 atom stereocenters. The van der Waals surface area contributed by atoms with Crippen LogP contribution in [-0.4, -0.2) is 64.2 Å². The van der Waals surface area contributed by atoms with Gasteiger partial charge in [0.25, 0.3) is 0 Å². The summed E-state index contributed by atoms with van der Waals surface area (Å²) in [6.45, 7) is 6.04. The van der Waals surface area contributed by atoms with Crippen molar-refractivity contribution >= 4 is 34.9 Å². The first-order chi connectivity index (χ1) is 17.3. The van der Waals surface area contributed by atoms with Crippen molar-refractivity contribution in [1.82, 2.24) is 14.8 Å². The Morgan fingerprint density at radius 1 is 1.25 bits per heavy atom. The second-order valence-electron chi connectivity index (χ2n) is 10.2. The third-order valence-electron chi connectivity index (χ3n) is 7.74. The van der Waals surface area contributed by atoms with E-state index in [0.717, 1.165) is 25.7 Å². The quantitative estimate of drug-likeness (QED) is 0.429. The average molecular weight is 531 g/mol. The van der Waals surface area contributed by atoms with Crippen LogP contribution in [0.1, 0.15) is 50.7 Å². The van der Waals surface area contributed by atoms with Crippen LogP contribution in [0.4, 0.5) is 10.5 Å². The SMILES string of the molecule is CC(C)N(CCO)CCN(C(=O)Nc1cc(Cl)nc(Cl)c1)[C@@H]1CC[C@]2(c3cccc(C#N)c3)CC2C1. The minimum atomic E-state index is -0.189. The van der Waals surface area contributed by atoms with Crippen LogP contribution in [0.25, 0.3) is 0 Å². The number of fused-ring (bicyclic) bond motifs is 1. The van der Waals surface area contributed by atoms with E-state index in [9.17, 15) is 15.2 Å². The second kappa shape index (κ2) is 11.4. The fraction of sp³-hybridized carbons (Fsp3) is 0.519.